The van der Waals surface area contributed by atoms with E-state index >= 15 is 0 Å². The second kappa shape index (κ2) is 6.00. The lowest BCUT2D eigenvalue weighted by atomic mass is 10.2. The fourth-order valence-electron chi connectivity index (χ4n) is 1.57. The highest BCUT2D eigenvalue weighted by Crippen LogP contribution is 2.30. The van der Waals surface area contributed by atoms with Crippen LogP contribution in [0, 0.1) is 6.92 Å². The summed E-state index contributed by atoms with van der Waals surface area (Å²) in [4.78, 5) is 3.72. The Bertz CT molecular complexity index is 812. The Morgan fingerprint density at radius 3 is 2.62 bits per heavy atom. The number of nitrogen functional groups attached to an aromatic ring is 1. The van der Waals surface area contributed by atoms with Crippen molar-refractivity contribution >= 4 is 60.5 Å². The molecule has 5 nitrogen and oxygen atoms in total. The van der Waals surface area contributed by atoms with Gasteiger partial charge in [-0.3, -0.25) is 4.72 Å². The van der Waals surface area contributed by atoms with Gasteiger partial charge < -0.3 is 5.73 Å². The first-order chi connectivity index (χ1) is 9.70. The Hall–Kier alpha value is -1.02. The molecule has 3 N–H and O–H groups in total. The zero-order valence-electron chi connectivity index (χ0n) is 10.7. The average molecular weight is 411 g/mol. The summed E-state index contributed by atoms with van der Waals surface area (Å²) in [6, 6.07) is 4.30. The van der Waals surface area contributed by atoms with Crippen LogP contribution in [0.1, 0.15) is 5.56 Å². The van der Waals surface area contributed by atoms with Crippen molar-refractivity contribution in [3.05, 3.63) is 44.6 Å². The molecule has 9 heteroatoms. The van der Waals surface area contributed by atoms with E-state index in [1.807, 2.05) is 0 Å². The number of nitrogens with two attached hydrogens (primary N) is 1. The molecule has 0 aliphatic heterocycles. The number of sulfonamides is 1. The Balaban J connectivity index is 2.48. The summed E-state index contributed by atoms with van der Waals surface area (Å²) in [6.07, 6.45) is 1.46. The van der Waals surface area contributed by atoms with Gasteiger partial charge in [0.25, 0.3) is 10.0 Å². The maximum atomic E-state index is 12.4. The Morgan fingerprint density at radius 2 is 1.95 bits per heavy atom. The molecule has 0 bridgehead atoms. The molecule has 2 aromatic rings. The highest BCUT2D eigenvalue weighted by atomic mass is 79.9. The van der Waals surface area contributed by atoms with E-state index in [4.69, 9.17) is 28.9 Å². The van der Waals surface area contributed by atoms with Gasteiger partial charge in [-0.1, -0.05) is 23.2 Å². The third-order valence-electron chi connectivity index (χ3n) is 2.66. The van der Waals surface area contributed by atoms with Gasteiger partial charge in [0.1, 0.15) is 4.90 Å². The smallest absolute Gasteiger partial charge is 0.263 e. The second-order valence-corrected chi connectivity index (χ2v) is 7.57. The standard InChI is InChI=1S/C12H10BrCl2N3O2S/c1-6-2-8(14)11(4-9(6)16)21(19,20)18-10-3-7(13)5-17-12(10)15/h2-5,18H,16H2,1H3. The first-order valence-electron chi connectivity index (χ1n) is 5.60. The molecule has 2 rings (SSSR count). The average Bonchev–Trinajstić information content (AvgIpc) is 2.37. The van der Waals surface area contributed by atoms with Crippen LogP contribution in [0.5, 0.6) is 0 Å². The first kappa shape index (κ1) is 16.4. The van der Waals surface area contributed by atoms with Gasteiger partial charge in [-0.05, 0) is 46.6 Å². The topological polar surface area (TPSA) is 85.1 Å². The molecule has 0 saturated carbocycles. The van der Waals surface area contributed by atoms with Crippen LogP contribution in [0.4, 0.5) is 11.4 Å². The maximum Gasteiger partial charge on any atom is 0.263 e. The SMILES string of the molecule is Cc1cc(Cl)c(S(=O)(=O)Nc2cc(Br)cnc2Cl)cc1N. The van der Waals surface area contributed by atoms with Gasteiger partial charge in [0, 0.05) is 16.4 Å². The van der Waals surface area contributed by atoms with Crippen molar-refractivity contribution in [1.29, 1.82) is 0 Å². The largest absolute Gasteiger partial charge is 0.398 e. The molecule has 112 valence electrons. The third kappa shape index (κ3) is 3.60. The summed E-state index contributed by atoms with van der Waals surface area (Å²) in [5, 5.41) is 0.103. The molecular formula is C12H10BrCl2N3O2S. The molecule has 1 heterocycles. The van der Waals surface area contributed by atoms with Crippen LogP contribution in [0.15, 0.2) is 33.8 Å². The van der Waals surface area contributed by atoms with Crippen molar-refractivity contribution in [2.45, 2.75) is 11.8 Å². The van der Waals surface area contributed by atoms with E-state index in [9.17, 15) is 8.42 Å². The molecule has 0 aliphatic carbocycles. The molecule has 0 aliphatic rings. The number of halogens is 3. The minimum absolute atomic E-state index is 0.0259. The number of nitrogens with one attached hydrogen (secondary N) is 1. The Labute approximate surface area is 140 Å². The molecule has 1 aromatic heterocycles. The van der Waals surface area contributed by atoms with E-state index in [1.165, 1.54) is 24.4 Å². The van der Waals surface area contributed by atoms with Gasteiger partial charge in [-0.2, -0.15) is 0 Å². The van der Waals surface area contributed by atoms with Gasteiger partial charge in [0.05, 0.1) is 10.7 Å². The zero-order chi connectivity index (χ0) is 15.8. The predicted octanol–water partition coefficient (Wildman–Crippen LogP) is 3.84. The maximum absolute atomic E-state index is 12.4. The summed E-state index contributed by atoms with van der Waals surface area (Å²) in [7, 11) is -3.93. The number of aromatic nitrogens is 1. The number of hydrogen-bond donors (Lipinski definition) is 2. The van der Waals surface area contributed by atoms with Crippen molar-refractivity contribution in [3.63, 3.8) is 0 Å². The molecule has 21 heavy (non-hydrogen) atoms. The zero-order valence-corrected chi connectivity index (χ0v) is 14.6. The first-order valence-corrected chi connectivity index (χ1v) is 8.63. The summed E-state index contributed by atoms with van der Waals surface area (Å²) in [6.45, 7) is 1.74. The summed E-state index contributed by atoms with van der Waals surface area (Å²) >= 11 is 15.1. The van der Waals surface area contributed by atoms with E-state index in [2.05, 4.69) is 25.6 Å². The molecule has 0 atom stereocenters. The van der Waals surface area contributed by atoms with Crippen molar-refractivity contribution in [1.82, 2.24) is 4.98 Å². The molecule has 0 spiro atoms. The van der Waals surface area contributed by atoms with Crippen LogP contribution in [0.25, 0.3) is 0 Å². The van der Waals surface area contributed by atoms with Crippen molar-refractivity contribution < 1.29 is 8.42 Å². The van der Waals surface area contributed by atoms with Crippen LogP contribution in [0.2, 0.25) is 10.2 Å². The third-order valence-corrected chi connectivity index (χ3v) is 5.23. The molecule has 0 saturated heterocycles. The fraction of sp³-hybridized carbons (Fsp3) is 0.0833. The monoisotopic (exact) mass is 409 g/mol. The molecule has 0 unspecified atom stereocenters. The van der Waals surface area contributed by atoms with Crippen LogP contribution < -0.4 is 10.5 Å². The van der Waals surface area contributed by atoms with Gasteiger partial charge in [-0.15, -0.1) is 0 Å². The van der Waals surface area contributed by atoms with E-state index in [1.54, 1.807) is 6.92 Å². The summed E-state index contributed by atoms with van der Waals surface area (Å²) < 4.78 is 27.7. The van der Waals surface area contributed by atoms with Gasteiger partial charge >= 0.3 is 0 Å². The van der Waals surface area contributed by atoms with Crippen LogP contribution in [-0.2, 0) is 10.0 Å². The number of benzene rings is 1. The number of pyridine rings is 1. The molecular weight excluding hydrogens is 401 g/mol. The quantitative estimate of drug-likeness (QED) is 0.594. The van der Waals surface area contributed by atoms with Crippen LogP contribution in [-0.4, -0.2) is 13.4 Å². The van der Waals surface area contributed by atoms with Gasteiger partial charge in [0.15, 0.2) is 5.15 Å². The number of aryl methyl sites for hydroxylation is 1. The molecule has 1 aromatic carbocycles. The van der Waals surface area contributed by atoms with E-state index in [-0.39, 0.29) is 20.8 Å². The lowest BCUT2D eigenvalue weighted by Gasteiger charge is -2.12. The van der Waals surface area contributed by atoms with Crippen molar-refractivity contribution in [2.24, 2.45) is 0 Å². The number of hydrogen-bond acceptors (Lipinski definition) is 4. The van der Waals surface area contributed by atoms with Crippen molar-refractivity contribution in [3.8, 4) is 0 Å². The molecule has 0 fully saturated rings. The van der Waals surface area contributed by atoms with Gasteiger partial charge in [-0.25, -0.2) is 13.4 Å². The molecule has 0 radical (unpaired) electrons. The number of anilines is 2. The van der Waals surface area contributed by atoms with Crippen molar-refractivity contribution in [2.75, 3.05) is 10.5 Å². The van der Waals surface area contributed by atoms with E-state index in [0.717, 1.165) is 0 Å². The highest BCUT2D eigenvalue weighted by molar-refractivity contribution is 9.10. The summed E-state index contributed by atoms with van der Waals surface area (Å²) in [5.41, 5.74) is 6.90. The van der Waals surface area contributed by atoms with Crippen LogP contribution in [0.3, 0.4) is 0 Å². The minimum Gasteiger partial charge on any atom is -0.398 e. The lowest BCUT2D eigenvalue weighted by Crippen LogP contribution is -2.14. The fourth-order valence-corrected chi connectivity index (χ4v) is 3.78. The number of rotatable bonds is 3. The van der Waals surface area contributed by atoms with Gasteiger partial charge in [0.2, 0.25) is 0 Å². The van der Waals surface area contributed by atoms with Crippen LogP contribution >= 0.6 is 39.1 Å². The predicted molar refractivity (Wildman–Crippen MR) is 88.4 cm³/mol. The Morgan fingerprint density at radius 1 is 1.29 bits per heavy atom. The van der Waals surface area contributed by atoms with E-state index < -0.39 is 10.0 Å². The Kier molecular flexibility index (Phi) is 4.67. The summed E-state index contributed by atoms with van der Waals surface area (Å²) in [5.74, 6) is 0. The minimum atomic E-state index is -3.93. The second-order valence-electron chi connectivity index (χ2n) is 4.24. The number of nitrogens with zero attached hydrogens (tertiary/aromatic N) is 1. The normalized spacial score (nSPS) is 11.4. The van der Waals surface area contributed by atoms with E-state index in [0.29, 0.717) is 15.7 Å². The highest BCUT2D eigenvalue weighted by Gasteiger charge is 2.21. The molecule has 0 amide bonds. The lowest BCUT2D eigenvalue weighted by molar-refractivity contribution is 0.601.